The maximum absolute atomic E-state index is 13.0. The fraction of sp³-hybridized carbons (Fsp3) is 0.647. The molecule has 1 aliphatic carbocycles. The van der Waals surface area contributed by atoms with Crippen LogP contribution in [-0.2, 0) is 6.54 Å². The Kier molecular flexibility index (Phi) is 4.19. The number of halogens is 4. The molecule has 1 aromatic carbocycles. The Bertz CT molecular complexity index is 510. The van der Waals surface area contributed by atoms with Crippen LogP contribution in [0.25, 0.3) is 0 Å². The van der Waals surface area contributed by atoms with E-state index in [1.54, 1.807) is 12.1 Å². The number of benzene rings is 1. The van der Waals surface area contributed by atoms with E-state index >= 15 is 0 Å². The molecule has 22 heavy (non-hydrogen) atoms. The van der Waals surface area contributed by atoms with Gasteiger partial charge in [0.25, 0.3) is 0 Å². The summed E-state index contributed by atoms with van der Waals surface area (Å²) in [6.45, 7) is 2.26. The standard InChI is InChI=1S/C17H21F4N/c18-15-5-3-13(4-6-15)11-22-9-8-16(12-22)7-1-2-14(10-16)17(19,20)21/h3-6,14H,1-2,7-12H2/t14-,16-/m1/s1. The minimum absolute atomic E-state index is 0.168. The first kappa shape index (κ1) is 15.8. The average Bonchev–Trinajstić information content (AvgIpc) is 2.83. The van der Waals surface area contributed by atoms with Crippen LogP contribution in [0.4, 0.5) is 17.6 Å². The molecule has 3 rings (SSSR count). The van der Waals surface area contributed by atoms with Crippen LogP contribution in [0.1, 0.15) is 37.7 Å². The van der Waals surface area contributed by atoms with Gasteiger partial charge in [0.05, 0.1) is 5.92 Å². The topological polar surface area (TPSA) is 3.24 Å². The van der Waals surface area contributed by atoms with Crippen molar-refractivity contribution in [1.82, 2.24) is 4.90 Å². The molecule has 1 saturated heterocycles. The van der Waals surface area contributed by atoms with Gasteiger partial charge in [0, 0.05) is 13.1 Å². The van der Waals surface area contributed by atoms with Crippen LogP contribution in [0.2, 0.25) is 0 Å². The molecule has 2 atom stereocenters. The largest absolute Gasteiger partial charge is 0.391 e. The summed E-state index contributed by atoms with van der Waals surface area (Å²) in [5.74, 6) is -1.39. The van der Waals surface area contributed by atoms with Crippen LogP contribution in [0.5, 0.6) is 0 Å². The lowest BCUT2D eigenvalue weighted by Crippen LogP contribution is -2.37. The molecule has 2 aliphatic rings. The van der Waals surface area contributed by atoms with Crippen molar-refractivity contribution in [2.75, 3.05) is 13.1 Å². The van der Waals surface area contributed by atoms with E-state index in [2.05, 4.69) is 4.90 Å². The summed E-state index contributed by atoms with van der Waals surface area (Å²) in [5.41, 5.74) is 0.847. The Labute approximate surface area is 128 Å². The van der Waals surface area contributed by atoms with E-state index in [4.69, 9.17) is 0 Å². The summed E-state index contributed by atoms with van der Waals surface area (Å²) in [6, 6.07) is 6.36. The summed E-state index contributed by atoms with van der Waals surface area (Å²) in [6.07, 6.45) is -1.08. The van der Waals surface area contributed by atoms with Crippen LogP contribution >= 0.6 is 0 Å². The Morgan fingerprint density at radius 2 is 1.86 bits per heavy atom. The van der Waals surface area contributed by atoms with Crippen molar-refractivity contribution in [1.29, 1.82) is 0 Å². The van der Waals surface area contributed by atoms with Gasteiger partial charge in [-0.05, 0) is 55.3 Å². The Balaban J connectivity index is 1.62. The SMILES string of the molecule is Fc1ccc(CN2CC[C@@]3(CCC[C@@H](C(F)(F)F)C3)C2)cc1. The minimum Gasteiger partial charge on any atom is -0.299 e. The highest BCUT2D eigenvalue weighted by Gasteiger charge is 2.49. The fourth-order valence-electron chi connectivity index (χ4n) is 4.11. The van der Waals surface area contributed by atoms with Gasteiger partial charge >= 0.3 is 6.18 Å². The van der Waals surface area contributed by atoms with Crippen molar-refractivity contribution in [2.24, 2.45) is 11.3 Å². The fourth-order valence-corrected chi connectivity index (χ4v) is 4.11. The molecule has 0 radical (unpaired) electrons. The van der Waals surface area contributed by atoms with E-state index < -0.39 is 12.1 Å². The summed E-state index contributed by atoms with van der Waals surface area (Å²) in [4.78, 5) is 2.21. The van der Waals surface area contributed by atoms with E-state index in [0.29, 0.717) is 13.0 Å². The zero-order chi connectivity index (χ0) is 15.8. The molecule has 1 nitrogen and oxygen atoms in total. The summed E-state index contributed by atoms with van der Waals surface area (Å²) < 4.78 is 52.0. The lowest BCUT2D eigenvalue weighted by molar-refractivity contribution is -0.191. The van der Waals surface area contributed by atoms with Crippen molar-refractivity contribution >= 4 is 0 Å². The lowest BCUT2D eigenvalue weighted by Gasteiger charge is -2.39. The summed E-state index contributed by atoms with van der Waals surface area (Å²) in [7, 11) is 0. The third kappa shape index (κ3) is 3.45. The van der Waals surface area contributed by atoms with Gasteiger partial charge in [-0.1, -0.05) is 18.6 Å². The minimum atomic E-state index is -4.06. The first-order chi connectivity index (χ1) is 10.4. The molecule has 5 heteroatoms. The molecule has 1 aliphatic heterocycles. The van der Waals surface area contributed by atoms with Gasteiger partial charge in [0.15, 0.2) is 0 Å². The Morgan fingerprint density at radius 3 is 2.55 bits per heavy atom. The highest BCUT2D eigenvalue weighted by molar-refractivity contribution is 5.16. The zero-order valence-corrected chi connectivity index (χ0v) is 12.5. The molecule has 1 heterocycles. The maximum atomic E-state index is 13.0. The summed E-state index contributed by atoms with van der Waals surface area (Å²) >= 11 is 0. The number of rotatable bonds is 2. The normalized spacial score (nSPS) is 30.1. The third-order valence-corrected chi connectivity index (χ3v) is 5.24. The van der Waals surface area contributed by atoms with Crippen molar-refractivity contribution in [3.8, 4) is 0 Å². The second kappa shape index (κ2) is 5.84. The van der Waals surface area contributed by atoms with Gasteiger partial charge < -0.3 is 0 Å². The van der Waals surface area contributed by atoms with Crippen molar-refractivity contribution in [2.45, 2.75) is 44.8 Å². The third-order valence-electron chi connectivity index (χ3n) is 5.24. The summed E-state index contributed by atoms with van der Waals surface area (Å²) in [5, 5.41) is 0. The number of likely N-dealkylation sites (tertiary alicyclic amines) is 1. The van der Waals surface area contributed by atoms with Gasteiger partial charge in [-0.25, -0.2) is 4.39 Å². The highest BCUT2D eigenvalue weighted by atomic mass is 19.4. The first-order valence-electron chi connectivity index (χ1n) is 7.90. The zero-order valence-electron chi connectivity index (χ0n) is 12.5. The van der Waals surface area contributed by atoms with Gasteiger partial charge in [-0.15, -0.1) is 0 Å². The monoisotopic (exact) mass is 315 g/mol. The van der Waals surface area contributed by atoms with E-state index in [9.17, 15) is 17.6 Å². The van der Waals surface area contributed by atoms with Crippen LogP contribution in [0.3, 0.4) is 0 Å². The molecular formula is C17H21F4N. The smallest absolute Gasteiger partial charge is 0.299 e. The van der Waals surface area contributed by atoms with Crippen molar-refractivity contribution < 1.29 is 17.6 Å². The van der Waals surface area contributed by atoms with Gasteiger partial charge in [-0.3, -0.25) is 4.90 Å². The molecule has 0 amide bonds. The van der Waals surface area contributed by atoms with Crippen LogP contribution in [0, 0.1) is 17.2 Å². The Hall–Kier alpha value is -1.10. The number of alkyl halides is 3. The number of hydrogen-bond donors (Lipinski definition) is 0. The van der Waals surface area contributed by atoms with Crippen LogP contribution < -0.4 is 0 Å². The first-order valence-corrected chi connectivity index (χ1v) is 7.90. The molecule has 2 fully saturated rings. The molecule has 0 aromatic heterocycles. The quantitative estimate of drug-likeness (QED) is 0.711. The van der Waals surface area contributed by atoms with E-state index in [-0.39, 0.29) is 24.1 Å². The molecule has 0 unspecified atom stereocenters. The van der Waals surface area contributed by atoms with Gasteiger partial charge in [0.2, 0.25) is 0 Å². The number of hydrogen-bond acceptors (Lipinski definition) is 1. The predicted molar refractivity (Wildman–Crippen MR) is 76.7 cm³/mol. The second-order valence-electron chi connectivity index (χ2n) is 6.92. The van der Waals surface area contributed by atoms with Crippen molar-refractivity contribution in [3.05, 3.63) is 35.6 Å². The van der Waals surface area contributed by atoms with Crippen molar-refractivity contribution in [3.63, 3.8) is 0 Å². The average molecular weight is 315 g/mol. The van der Waals surface area contributed by atoms with E-state index in [1.807, 2.05) is 0 Å². The highest BCUT2D eigenvalue weighted by Crippen LogP contribution is 2.50. The van der Waals surface area contributed by atoms with E-state index in [1.165, 1.54) is 12.1 Å². The number of nitrogens with zero attached hydrogens (tertiary/aromatic N) is 1. The van der Waals surface area contributed by atoms with Gasteiger partial charge in [0.1, 0.15) is 5.82 Å². The van der Waals surface area contributed by atoms with E-state index in [0.717, 1.165) is 31.5 Å². The molecule has 0 bridgehead atoms. The molecule has 1 spiro atoms. The Morgan fingerprint density at radius 1 is 1.14 bits per heavy atom. The predicted octanol–water partition coefficient (Wildman–Crippen LogP) is 4.77. The van der Waals surface area contributed by atoms with Gasteiger partial charge in [-0.2, -0.15) is 13.2 Å². The molecular weight excluding hydrogens is 294 g/mol. The maximum Gasteiger partial charge on any atom is 0.391 e. The molecule has 122 valence electrons. The second-order valence-corrected chi connectivity index (χ2v) is 6.92. The lowest BCUT2D eigenvalue weighted by atomic mass is 9.69. The molecule has 1 saturated carbocycles. The van der Waals surface area contributed by atoms with Crippen LogP contribution in [-0.4, -0.2) is 24.2 Å². The molecule has 0 N–H and O–H groups in total. The molecule has 1 aromatic rings. The van der Waals surface area contributed by atoms with Crippen LogP contribution in [0.15, 0.2) is 24.3 Å².